The van der Waals surface area contributed by atoms with Gasteiger partial charge in [0.1, 0.15) is 0 Å². The monoisotopic (exact) mass is 247 g/mol. The van der Waals surface area contributed by atoms with E-state index in [-0.39, 0.29) is 11.7 Å². The topological polar surface area (TPSA) is 30.0 Å². The molecule has 1 heterocycles. The number of carbonyl (C=O) groups excluding carboxylic acids is 1. The first-order chi connectivity index (χ1) is 8.22. The molecule has 0 amide bonds. The van der Waals surface area contributed by atoms with Gasteiger partial charge in [0.25, 0.3) is 0 Å². The van der Waals surface area contributed by atoms with Crippen molar-refractivity contribution < 1.29 is 4.79 Å². The maximum absolute atomic E-state index is 12.2. The predicted octanol–water partition coefficient (Wildman–Crippen LogP) is 4.31. The molecule has 0 unspecified atom stereocenters. The predicted molar refractivity (Wildman–Crippen MR) is 72.6 cm³/mol. The summed E-state index contributed by atoms with van der Waals surface area (Å²) in [6, 6.07) is 7.91. The summed E-state index contributed by atoms with van der Waals surface area (Å²) >= 11 is 1.51. The van der Waals surface area contributed by atoms with E-state index in [2.05, 4.69) is 11.9 Å². The molecule has 90 valence electrons. The van der Waals surface area contributed by atoms with E-state index in [0.717, 1.165) is 29.5 Å². The van der Waals surface area contributed by atoms with Gasteiger partial charge in [-0.05, 0) is 18.6 Å². The van der Waals surface area contributed by atoms with Crippen molar-refractivity contribution in [2.24, 2.45) is 5.92 Å². The molecular formula is C14H17NOS. The molecule has 2 rings (SSSR count). The highest BCUT2D eigenvalue weighted by Crippen LogP contribution is 2.24. The van der Waals surface area contributed by atoms with Crippen LogP contribution in [0.15, 0.2) is 24.3 Å². The fourth-order valence-corrected chi connectivity index (χ4v) is 2.85. The van der Waals surface area contributed by atoms with Gasteiger partial charge in [-0.15, -0.1) is 11.3 Å². The van der Waals surface area contributed by atoms with Crippen LogP contribution in [0.1, 0.15) is 42.9 Å². The molecule has 1 aromatic carbocycles. The number of rotatable bonds is 5. The number of thiazole rings is 1. The zero-order valence-corrected chi connectivity index (χ0v) is 11.1. The van der Waals surface area contributed by atoms with Crippen LogP contribution in [0.3, 0.4) is 0 Å². The lowest BCUT2D eigenvalue weighted by Gasteiger charge is -2.06. The van der Waals surface area contributed by atoms with Gasteiger partial charge >= 0.3 is 0 Å². The molecule has 0 N–H and O–H groups in total. The van der Waals surface area contributed by atoms with Crippen molar-refractivity contribution in [1.82, 2.24) is 4.98 Å². The molecule has 1 aromatic heterocycles. The maximum atomic E-state index is 12.2. The van der Waals surface area contributed by atoms with Crippen molar-refractivity contribution in [2.45, 2.75) is 33.1 Å². The average molecular weight is 247 g/mol. The molecule has 0 bridgehead atoms. The van der Waals surface area contributed by atoms with Crippen molar-refractivity contribution >= 4 is 27.3 Å². The van der Waals surface area contributed by atoms with E-state index < -0.39 is 0 Å². The normalized spacial score (nSPS) is 12.8. The minimum Gasteiger partial charge on any atom is -0.291 e. The number of unbranched alkanes of at least 4 members (excludes halogenated alkanes) is 1. The molecule has 17 heavy (non-hydrogen) atoms. The van der Waals surface area contributed by atoms with E-state index in [0.29, 0.717) is 5.01 Å². The number of aromatic nitrogens is 1. The summed E-state index contributed by atoms with van der Waals surface area (Å²) < 4.78 is 1.10. The summed E-state index contributed by atoms with van der Waals surface area (Å²) in [5, 5.41) is 0.662. The Morgan fingerprint density at radius 2 is 2.18 bits per heavy atom. The maximum Gasteiger partial charge on any atom is 0.194 e. The van der Waals surface area contributed by atoms with Gasteiger partial charge in [-0.2, -0.15) is 0 Å². The smallest absolute Gasteiger partial charge is 0.194 e. The molecule has 2 aromatic rings. The Hall–Kier alpha value is -1.22. The summed E-state index contributed by atoms with van der Waals surface area (Å²) in [5.41, 5.74) is 0.934. The molecule has 0 fully saturated rings. The SMILES string of the molecule is CCCC[C@H](C)C(=O)c1nc2ccccc2s1. The van der Waals surface area contributed by atoms with Gasteiger partial charge in [0.05, 0.1) is 10.2 Å². The van der Waals surface area contributed by atoms with Crippen LogP contribution in [0.25, 0.3) is 10.2 Å². The molecule has 1 atom stereocenters. The number of para-hydroxylation sites is 1. The first-order valence-corrected chi connectivity index (χ1v) is 6.93. The number of hydrogen-bond donors (Lipinski definition) is 0. The highest BCUT2D eigenvalue weighted by atomic mass is 32.1. The van der Waals surface area contributed by atoms with E-state index in [1.165, 1.54) is 11.3 Å². The zero-order valence-electron chi connectivity index (χ0n) is 10.3. The fraction of sp³-hybridized carbons (Fsp3) is 0.429. The first kappa shape index (κ1) is 12.2. The third kappa shape index (κ3) is 2.72. The molecule has 0 saturated heterocycles. The molecule has 0 spiro atoms. The Morgan fingerprint density at radius 1 is 1.41 bits per heavy atom. The zero-order chi connectivity index (χ0) is 12.3. The Labute approximate surface area is 106 Å². The van der Waals surface area contributed by atoms with Gasteiger partial charge in [-0.1, -0.05) is 38.8 Å². The van der Waals surface area contributed by atoms with Crippen molar-refractivity contribution in [1.29, 1.82) is 0 Å². The van der Waals surface area contributed by atoms with Crippen LogP contribution in [0.4, 0.5) is 0 Å². The molecule has 3 heteroatoms. The number of nitrogens with zero attached hydrogens (tertiary/aromatic N) is 1. The Kier molecular flexibility index (Phi) is 3.89. The summed E-state index contributed by atoms with van der Waals surface area (Å²) in [7, 11) is 0. The van der Waals surface area contributed by atoms with Crippen LogP contribution in [-0.2, 0) is 0 Å². The fourth-order valence-electron chi connectivity index (χ4n) is 1.83. The number of benzene rings is 1. The summed E-state index contributed by atoms with van der Waals surface area (Å²) in [5.74, 6) is 0.287. The third-order valence-corrected chi connectivity index (χ3v) is 3.99. The minimum absolute atomic E-state index is 0.0931. The lowest BCUT2D eigenvalue weighted by Crippen LogP contribution is -2.10. The van der Waals surface area contributed by atoms with Crippen molar-refractivity contribution in [2.75, 3.05) is 0 Å². The number of fused-ring (bicyclic) bond motifs is 1. The van der Waals surface area contributed by atoms with Crippen molar-refractivity contribution in [3.05, 3.63) is 29.3 Å². The summed E-state index contributed by atoms with van der Waals surface area (Å²) in [6.07, 6.45) is 3.21. The van der Waals surface area contributed by atoms with Crippen LogP contribution in [0.5, 0.6) is 0 Å². The summed E-state index contributed by atoms with van der Waals surface area (Å²) in [6.45, 7) is 4.15. The van der Waals surface area contributed by atoms with E-state index in [1.807, 2.05) is 31.2 Å². The average Bonchev–Trinajstić information content (AvgIpc) is 2.78. The highest BCUT2D eigenvalue weighted by Gasteiger charge is 2.18. The van der Waals surface area contributed by atoms with Crippen molar-refractivity contribution in [3.63, 3.8) is 0 Å². The molecule has 0 aliphatic rings. The van der Waals surface area contributed by atoms with Crippen molar-refractivity contribution in [3.8, 4) is 0 Å². The van der Waals surface area contributed by atoms with Crippen LogP contribution in [0.2, 0.25) is 0 Å². The lowest BCUT2D eigenvalue weighted by molar-refractivity contribution is 0.0922. The standard InChI is InChI=1S/C14H17NOS/c1-3-4-7-10(2)13(16)14-15-11-8-5-6-9-12(11)17-14/h5-6,8-10H,3-4,7H2,1-2H3/t10-/m0/s1. The molecular weight excluding hydrogens is 230 g/mol. The Bertz CT molecular complexity index is 485. The third-order valence-electron chi connectivity index (χ3n) is 2.94. The largest absolute Gasteiger partial charge is 0.291 e. The molecule has 0 aliphatic heterocycles. The van der Waals surface area contributed by atoms with E-state index in [4.69, 9.17) is 0 Å². The summed E-state index contributed by atoms with van der Waals surface area (Å²) in [4.78, 5) is 16.6. The number of Topliss-reactive ketones (excluding diaryl/α,β-unsaturated/α-hetero) is 1. The van der Waals surface area contributed by atoms with Crippen LogP contribution < -0.4 is 0 Å². The van der Waals surface area contributed by atoms with Crippen LogP contribution >= 0.6 is 11.3 Å². The van der Waals surface area contributed by atoms with Gasteiger partial charge in [0, 0.05) is 5.92 Å². The van der Waals surface area contributed by atoms with Crippen LogP contribution in [0, 0.1) is 5.92 Å². The Morgan fingerprint density at radius 3 is 2.88 bits per heavy atom. The van der Waals surface area contributed by atoms with Gasteiger partial charge < -0.3 is 0 Å². The van der Waals surface area contributed by atoms with E-state index in [9.17, 15) is 4.79 Å². The number of hydrogen-bond acceptors (Lipinski definition) is 3. The molecule has 0 saturated carbocycles. The van der Waals surface area contributed by atoms with Gasteiger partial charge in [0.2, 0.25) is 0 Å². The molecule has 2 nitrogen and oxygen atoms in total. The second-order valence-electron chi connectivity index (χ2n) is 4.39. The first-order valence-electron chi connectivity index (χ1n) is 6.12. The highest BCUT2D eigenvalue weighted by molar-refractivity contribution is 7.20. The second-order valence-corrected chi connectivity index (χ2v) is 5.42. The Balaban J connectivity index is 2.18. The van der Waals surface area contributed by atoms with Crippen LogP contribution in [-0.4, -0.2) is 10.8 Å². The number of carbonyl (C=O) groups is 1. The minimum atomic E-state index is 0.0931. The lowest BCUT2D eigenvalue weighted by atomic mass is 10.00. The molecule has 0 aliphatic carbocycles. The van der Waals surface area contributed by atoms with E-state index >= 15 is 0 Å². The van der Waals surface area contributed by atoms with Gasteiger partial charge in [-0.25, -0.2) is 4.98 Å². The second kappa shape index (κ2) is 5.41. The quantitative estimate of drug-likeness (QED) is 0.737. The van der Waals surface area contributed by atoms with Gasteiger partial charge in [0.15, 0.2) is 10.8 Å². The number of ketones is 1. The van der Waals surface area contributed by atoms with E-state index in [1.54, 1.807) is 0 Å². The van der Waals surface area contributed by atoms with Gasteiger partial charge in [-0.3, -0.25) is 4.79 Å². The molecule has 0 radical (unpaired) electrons.